The SMILES string of the molecule is COc1ccc(N(CC(=O)N(Cc2ccccc2C)C(Cc2ccccc2)C(=O)NCC(C)C)S(C)(=O)=O)cc1. The van der Waals surface area contributed by atoms with E-state index in [0.29, 0.717) is 18.0 Å². The molecule has 3 aromatic carbocycles. The summed E-state index contributed by atoms with van der Waals surface area (Å²) in [4.78, 5) is 29.3. The number of rotatable bonds is 13. The number of amides is 2. The monoisotopic (exact) mass is 565 g/mol. The van der Waals surface area contributed by atoms with Crippen LogP contribution in [0, 0.1) is 12.8 Å². The second-order valence-electron chi connectivity index (χ2n) is 10.3. The van der Waals surface area contributed by atoms with Gasteiger partial charge in [-0.25, -0.2) is 8.42 Å². The minimum Gasteiger partial charge on any atom is -0.497 e. The Morgan fingerprint density at radius 2 is 1.55 bits per heavy atom. The molecule has 40 heavy (non-hydrogen) atoms. The molecule has 0 saturated carbocycles. The Kier molecular flexibility index (Phi) is 10.7. The molecule has 0 aliphatic heterocycles. The number of carbonyl (C=O) groups excluding carboxylic acids is 2. The molecule has 0 radical (unpaired) electrons. The van der Waals surface area contributed by atoms with Gasteiger partial charge < -0.3 is 15.0 Å². The topological polar surface area (TPSA) is 96.0 Å². The molecular weight excluding hydrogens is 526 g/mol. The van der Waals surface area contributed by atoms with Crippen LogP contribution in [0.15, 0.2) is 78.9 Å². The lowest BCUT2D eigenvalue weighted by Crippen LogP contribution is -2.53. The third-order valence-electron chi connectivity index (χ3n) is 6.60. The molecular formula is C31H39N3O5S. The van der Waals surface area contributed by atoms with Crippen molar-refractivity contribution in [3.05, 3.63) is 95.6 Å². The summed E-state index contributed by atoms with van der Waals surface area (Å²) >= 11 is 0. The van der Waals surface area contributed by atoms with Crippen LogP contribution in [0.25, 0.3) is 0 Å². The molecule has 0 saturated heterocycles. The van der Waals surface area contributed by atoms with E-state index >= 15 is 0 Å². The minimum absolute atomic E-state index is 0.151. The molecule has 0 spiro atoms. The van der Waals surface area contributed by atoms with Gasteiger partial charge in [0.2, 0.25) is 21.8 Å². The first-order chi connectivity index (χ1) is 19.0. The van der Waals surface area contributed by atoms with Crippen molar-refractivity contribution in [2.45, 2.75) is 39.8 Å². The van der Waals surface area contributed by atoms with Crippen LogP contribution in [0.5, 0.6) is 5.75 Å². The van der Waals surface area contributed by atoms with Crippen LogP contribution in [0.1, 0.15) is 30.5 Å². The molecule has 0 aliphatic carbocycles. The van der Waals surface area contributed by atoms with Gasteiger partial charge in [0, 0.05) is 19.5 Å². The summed E-state index contributed by atoms with van der Waals surface area (Å²) in [6.07, 6.45) is 1.34. The second kappa shape index (κ2) is 14.0. The summed E-state index contributed by atoms with van der Waals surface area (Å²) < 4.78 is 32.0. The number of methoxy groups -OCH3 is 1. The number of hydrogen-bond donors (Lipinski definition) is 1. The molecule has 1 unspecified atom stereocenters. The molecule has 0 aromatic heterocycles. The quantitative estimate of drug-likeness (QED) is 0.336. The van der Waals surface area contributed by atoms with Gasteiger partial charge in [0.25, 0.3) is 0 Å². The number of nitrogens with one attached hydrogen (secondary N) is 1. The lowest BCUT2D eigenvalue weighted by Gasteiger charge is -2.34. The summed E-state index contributed by atoms with van der Waals surface area (Å²) in [5.74, 6) is 0.0204. The lowest BCUT2D eigenvalue weighted by molar-refractivity contribution is -0.140. The van der Waals surface area contributed by atoms with Gasteiger partial charge in [0.15, 0.2) is 0 Å². The zero-order chi connectivity index (χ0) is 29.3. The van der Waals surface area contributed by atoms with Gasteiger partial charge in [-0.15, -0.1) is 0 Å². The summed E-state index contributed by atoms with van der Waals surface area (Å²) in [6.45, 7) is 6.10. The Bertz CT molecular complexity index is 1380. The van der Waals surface area contributed by atoms with Crippen molar-refractivity contribution in [2.75, 3.05) is 30.8 Å². The van der Waals surface area contributed by atoms with E-state index in [-0.39, 0.29) is 24.8 Å². The highest BCUT2D eigenvalue weighted by molar-refractivity contribution is 7.92. The Labute approximate surface area is 238 Å². The van der Waals surface area contributed by atoms with Crippen molar-refractivity contribution >= 4 is 27.5 Å². The number of benzene rings is 3. The van der Waals surface area contributed by atoms with E-state index in [0.717, 1.165) is 27.3 Å². The van der Waals surface area contributed by atoms with E-state index < -0.39 is 28.5 Å². The maximum absolute atomic E-state index is 14.1. The molecule has 0 fully saturated rings. The average Bonchev–Trinajstić information content (AvgIpc) is 2.93. The number of anilines is 1. The number of ether oxygens (including phenoxy) is 1. The maximum atomic E-state index is 14.1. The molecule has 1 N–H and O–H groups in total. The van der Waals surface area contributed by atoms with Crippen LogP contribution in [-0.4, -0.2) is 57.6 Å². The van der Waals surface area contributed by atoms with Gasteiger partial charge in [-0.3, -0.25) is 13.9 Å². The largest absolute Gasteiger partial charge is 0.497 e. The van der Waals surface area contributed by atoms with E-state index in [1.165, 1.54) is 12.0 Å². The predicted molar refractivity (Wildman–Crippen MR) is 159 cm³/mol. The molecule has 0 aliphatic rings. The number of aryl methyl sites for hydroxylation is 1. The van der Waals surface area contributed by atoms with Crippen LogP contribution in [0.2, 0.25) is 0 Å². The van der Waals surface area contributed by atoms with Crippen LogP contribution >= 0.6 is 0 Å². The minimum atomic E-state index is -3.83. The van der Waals surface area contributed by atoms with Crippen molar-refractivity contribution < 1.29 is 22.7 Å². The summed E-state index contributed by atoms with van der Waals surface area (Å²) in [5.41, 5.74) is 3.07. The zero-order valence-corrected chi connectivity index (χ0v) is 24.6. The maximum Gasteiger partial charge on any atom is 0.244 e. The summed E-state index contributed by atoms with van der Waals surface area (Å²) in [5, 5.41) is 2.99. The first kappa shape index (κ1) is 30.7. The van der Waals surface area contributed by atoms with Crippen molar-refractivity contribution in [3.8, 4) is 5.75 Å². The molecule has 214 valence electrons. The highest BCUT2D eigenvalue weighted by atomic mass is 32.2. The standard InChI is InChI=1S/C31H39N3O5S/c1-23(2)20-32-31(36)29(19-25-12-7-6-8-13-25)33(21-26-14-10-9-11-24(26)3)30(35)22-34(40(5,37)38)27-15-17-28(39-4)18-16-27/h6-18,23,29H,19-22H2,1-5H3,(H,32,36). The molecule has 8 nitrogen and oxygen atoms in total. The van der Waals surface area contributed by atoms with E-state index in [4.69, 9.17) is 4.74 Å². The van der Waals surface area contributed by atoms with Gasteiger partial charge in [-0.05, 0) is 53.8 Å². The van der Waals surface area contributed by atoms with Crippen molar-refractivity contribution in [1.29, 1.82) is 0 Å². The van der Waals surface area contributed by atoms with Gasteiger partial charge in [0.05, 0.1) is 19.1 Å². The molecule has 9 heteroatoms. The summed E-state index contributed by atoms with van der Waals surface area (Å²) in [7, 11) is -2.31. The van der Waals surface area contributed by atoms with Gasteiger partial charge in [0.1, 0.15) is 18.3 Å². The predicted octanol–water partition coefficient (Wildman–Crippen LogP) is 4.18. The first-order valence-electron chi connectivity index (χ1n) is 13.3. The molecule has 3 aromatic rings. The van der Waals surface area contributed by atoms with Crippen LogP contribution in [0.4, 0.5) is 5.69 Å². The van der Waals surface area contributed by atoms with Crippen LogP contribution in [-0.2, 0) is 32.6 Å². The summed E-state index contributed by atoms with van der Waals surface area (Å²) in [6, 6.07) is 22.8. The van der Waals surface area contributed by atoms with Gasteiger partial charge in [-0.2, -0.15) is 0 Å². The van der Waals surface area contributed by atoms with Crippen molar-refractivity contribution in [2.24, 2.45) is 5.92 Å². The Balaban J connectivity index is 2.04. The fourth-order valence-electron chi connectivity index (χ4n) is 4.31. The fraction of sp³-hybridized carbons (Fsp3) is 0.355. The van der Waals surface area contributed by atoms with E-state index in [1.54, 1.807) is 24.3 Å². The lowest BCUT2D eigenvalue weighted by atomic mass is 10.0. The Hall–Kier alpha value is -3.85. The van der Waals surface area contributed by atoms with E-state index in [1.807, 2.05) is 75.4 Å². The molecule has 3 rings (SSSR count). The number of hydrogen-bond acceptors (Lipinski definition) is 5. The first-order valence-corrected chi connectivity index (χ1v) is 15.1. The molecule has 0 heterocycles. The fourth-order valence-corrected chi connectivity index (χ4v) is 5.16. The van der Waals surface area contributed by atoms with E-state index in [2.05, 4.69) is 5.32 Å². The van der Waals surface area contributed by atoms with E-state index in [9.17, 15) is 18.0 Å². The smallest absolute Gasteiger partial charge is 0.244 e. The molecule has 1 atom stereocenters. The van der Waals surface area contributed by atoms with Crippen molar-refractivity contribution in [3.63, 3.8) is 0 Å². The van der Waals surface area contributed by atoms with Crippen LogP contribution < -0.4 is 14.4 Å². The Morgan fingerprint density at radius 3 is 2.12 bits per heavy atom. The number of nitrogens with zero attached hydrogens (tertiary/aromatic N) is 2. The second-order valence-corrected chi connectivity index (χ2v) is 12.2. The number of carbonyl (C=O) groups is 2. The third kappa shape index (κ3) is 8.58. The Morgan fingerprint density at radius 1 is 0.925 bits per heavy atom. The normalized spacial score (nSPS) is 12.1. The number of sulfonamides is 1. The third-order valence-corrected chi connectivity index (χ3v) is 7.74. The van der Waals surface area contributed by atoms with Crippen molar-refractivity contribution in [1.82, 2.24) is 10.2 Å². The van der Waals surface area contributed by atoms with Gasteiger partial charge in [-0.1, -0.05) is 68.4 Å². The van der Waals surface area contributed by atoms with Crippen LogP contribution in [0.3, 0.4) is 0 Å². The molecule has 2 amide bonds. The average molecular weight is 566 g/mol. The van der Waals surface area contributed by atoms with Gasteiger partial charge >= 0.3 is 0 Å². The zero-order valence-electron chi connectivity index (χ0n) is 23.8. The highest BCUT2D eigenvalue weighted by Gasteiger charge is 2.33. The highest BCUT2D eigenvalue weighted by Crippen LogP contribution is 2.23. The molecule has 0 bridgehead atoms.